The lowest BCUT2D eigenvalue weighted by molar-refractivity contribution is -0.122. The number of ether oxygens (including phenoxy) is 3. The molecule has 0 fully saturated rings. The molecule has 2 aromatic carbocycles. The predicted molar refractivity (Wildman–Crippen MR) is 114 cm³/mol. The molecule has 1 amide bonds. The van der Waals surface area contributed by atoms with E-state index in [4.69, 9.17) is 14.2 Å². The average Bonchev–Trinajstić information content (AvgIpc) is 3.20. The number of carbonyl (C=O) groups is 2. The Balaban J connectivity index is 1.43. The predicted octanol–water partition coefficient (Wildman–Crippen LogP) is 4.21. The van der Waals surface area contributed by atoms with E-state index in [9.17, 15) is 9.59 Å². The van der Waals surface area contributed by atoms with Gasteiger partial charge in [-0.3, -0.25) is 9.59 Å². The zero-order chi connectivity index (χ0) is 21.5. The van der Waals surface area contributed by atoms with E-state index in [2.05, 4.69) is 5.32 Å². The quantitative estimate of drug-likeness (QED) is 0.804. The van der Waals surface area contributed by atoms with E-state index in [1.54, 1.807) is 0 Å². The Kier molecular flexibility index (Phi) is 4.93. The monoisotopic (exact) mass is 419 g/mol. The van der Waals surface area contributed by atoms with Gasteiger partial charge in [-0.25, -0.2) is 0 Å². The van der Waals surface area contributed by atoms with Crippen molar-refractivity contribution in [1.29, 1.82) is 0 Å². The summed E-state index contributed by atoms with van der Waals surface area (Å²) in [6.07, 6.45) is 1.44. The zero-order valence-corrected chi connectivity index (χ0v) is 17.6. The molecule has 6 heteroatoms. The molecule has 0 saturated heterocycles. The number of carbonyl (C=O) groups excluding carboxylic acids is 2. The van der Waals surface area contributed by atoms with Gasteiger partial charge in [0.25, 0.3) is 0 Å². The zero-order valence-electron chi connectivity index (χ0n) is 17.6. The lowest BCUT2D eigenvalue weighted by atomic mass is 9.73. The Morgan fingerprint density at radius 3 is 2.45 bits per heavy atom. The molecule has 0 radical (unpaired) electrons. The molecule has 160 valence electrons. The van der Waals surface area contributed by atoms with Crippen LogP contribution in [-0.2, 0) is 9.59 Å². The number of rotatable bonds is 4. The summed E-state index contributed by atoms with van der Waals surface area (Å²) >= 11 is 0. The van der Waals surface area contributed by atoms with Crippen molar-refractivity contribution in [2.45, 2.75) is 51.0 Å². The standard InChI is InChI=1S/C25H25NO5/c1-14(2)31-18-6-3-15(4-7-18)17-9-20-25(21(27)10-17)19(12-24(28)26-20)16-5-8-22-23(11-16)30-13-29-22/h3-8,11,14,17,19H,9-10,12-13H2,1-2H3,(H,26,28)/t17-,19+/m1/s1. The maximum absolute atomic E-state index is 13.3. The van der Waals surface area contributed by atoms with Crippen molar-refractivity contribution in [2.75, 3.05) is 6.79 Å². The fourth-order valence-corrected chi connectivity index (χ4v) is 4.70. The molecule has 0 aromatic heterocycles. The van der Waals surface area contributed by atoms with Crippen LogP contribution in [0.15, 0.2) is 53.7 Å². The molecule has 2 aliphatic heterocycles. The summed E-state index contributed by atoms with van der Waals surface area (Å²) in [6, 6.07) is 13.6. The number of amides is 1. The topological polar surface area (TPSA) is 73.9 Å². The lowest BCUT2D eigenvalue weighted by Gasteiger charge is -2.34. The third-order valence-electron chi connectivity index (χ3n) is 6.06. The second-order valence-corrected chi connectivity index (χ2v) is 8.57. The molecule has 1 aliphatic carbocycles. The van der Waals surface area contributed by atoms with Crippen molar-refractivity contribution < 1.29 is 23.8 Å². The van der Waals surface area contributed by atoms with Gasteiger partial charge in [-0.2, -0.15) is 0 Å². The van der Waals surface area contributed by atoms with Gasteiger partial charge < -0.3 is 19.5 Å². The highest BCUT2D eigenvalue weighted by atomic mass is 16.7. The molecule has 0 spiro atoms. The van der Waals surface area contributed by atoms with Crippen molar-refractivity contribution in [1.82, 2.24) is 5.32 Å². The molecular formula is C25H25NO5. The first-order valence-electron chi connectivity index (χ1n) is 10.7. The van der Waals surface area contributed by atoms with Crippen LogP contribution in [0.4, 0.5) is 0 Å². The van der Waals surface area contributed by atoms with Crippen molar-refractivity contribution in [3.8, 4) is 17.2 Å². The van der Waals surface area contributed by atoms with E-state index < -0.39 is 0 Å². The highest BCUT2D eigenvalue weighted by Crippen LogP contribution is 2.44. The first-order valence-corrected chi connectivity index (χ1v) is 10.7. The van der Waals surface area contributed by atoms with Gasteiger partial charge in [0.05, 0.1) is 6.10 Å². The molecule has 0 unspecified atom stereocenters. The molecule has 1 N–H and O–H groups in total. The van der Waals surface area contributed by atoms with Crippen molar-refractivity contribution >= 4 is 11.7 Å². The van der Waals surface area contributed by atoms with Crippen molar-refractivity contribution in [2.24, 2.45) is 0 Å². The SMILES string of the molecule is CC(C)Oc1ccc([C@H]2CC(=O)C3=C(C2)NC(=O)C[C@H]3c2ccc3c(c2)OCO3)cc1. The fraction of sp³-hybridized carbons (Fsp3) is 0.360. The van der Waals surface area contributed by atoms with Crippen LogP contribution in [0.5, 0.6) is 17.2 Å². The van der Waals surface area contributed by atoms with Gasteiger partial charge in [0, 0.05) is 30.0 Å². The Hall–Kier alpha value is -3.28. The normalized spacial score (nSPS) is 22.4. The van der Waals surface area contributed by atoms with Crippen LogP contribution >= 0.6 is 0 Å². The number of hydrogen-bond acceptors (Lipinski definition) is 5. The Labute approximate surface area is 181 Å². The summed E-state index contributed by atoms with van der Waals surface area (Å²) in [4.78, 5) is 25.8. The number of ketones is 1. The van der Waals surface area contributed by atoms with Gasteiger partial charge >= 0.3 is 0 Å². The molecule has 6 nitrogen and oxygen atoms in total. The highest BCUT2D eigenvalue weighted by molar-refractivity contribution is 6.02. The van der Waals surface area contributed by atoms with E-state index in [0.717, 1.165) is 28.1 Å². The Morgan fingerprint density at radius 2 is 1.68 bits per heavy atom. The lowest BCUT2D eigenvalue weighted by Crippen LogP contribution is -2.38. The number of nitrogens with one attached hydrogen (secondary N) is 1. The average molecular weight is 419 g/mol. The minimum absolute atomic E-state index is 0.0372. The molecule has 0 saturated carbocycles. The number of Topliss-reactive ketones (excluding diaryl/α,β-unsaturated/α-hetero) is 1. The van der Waals surface area contributed by atoms with Crippen molar-refractivity contribution in [3.05, 3.63) is 64.9 Å². The molecule has 2 aromatic rings. The van der Waals surface area contributed by atoms with Crippen LogP contribution in [-0.4, -0.2) is 24.6 Å². The fourth-order valence-electron chi connectivity index (χ4n) is 4.70. The molecule has 2 atom stereocenters. The van der Waals surface area contributed by atoms with E-state index in [1.165, 1.54) is 0 Å². The molecule has 5 rings (SSSR count). The molecular weight excluding hydrogens is 394 g/mol. The van der Waals surface area contributed by atoms with Gasteiger partial charge in [-0.1, -0.05) is 18.2 Å². The van der Waals surface area contributed by atoms with Crippen LogP contribution in [0.2, 0.25) is 0 Å². The maximum Gasteiger partial charge on any atom is 0.231 e. The second-order valence-electron chi connectivity index (χ2n) is 8.57. The molecule has 0 bridgehead atoms. The van der Waals surface area contributed by atoms with Crippen LogP contribution in [0.1, 0.15) is 56.1 Å². The van der Waals surface area contributed by atoms with Gasteiger partial charge in [-0.05, 0) is 61.6 Å². The van der Waals surface area contributed by atoms with E-state index in [1.807, 2.05) is 56.3 Å². The van der Waals surface area contributed by atoms with E-state index >= 15 is 0 Å². The minimum atomic E-state index is -0.256. The van der Waals surface area contributed by atoms with Crippen molar-refractivity contribution in [3.63, 3.8) is 0 Å². The number of fused-ring (bicyclic) bond motifs is 1. The smallest absolute Gasteiger partial charge is 0.231 e. The first-order chi connectivity index (χ1) is 15.0. The maximum atomic E-state index is 13.3. The van der Waals surface area contributed by atoms with Crippen LogP contribution in [0, 0.1) is 0 Å². The summed E-state index contributed by atoms with van der Waals surface area (Å²) < 4.78 is 16.6. The van der Waals surface area contributed by atoms with Gasteiger partial charge in [0.1, 0.15) is 5.75 Å². The Bertz CT molecular complexity index is 1070. The summed E-state index contributed by atoms with van der Waals surface area (Å²) in [5.74, 6) is 1.99. The number of allylic oxidation sites excluding steroid dienone is 2. The summed E-state index contributed by atoms with van der Waals surface area (Å²) in [6.45, 7) is 4.17. The summed E-state index contributed by atoms with van der Waals surface area (Å²) in [7, 11) is 0. The van der Waals surface area contributed by atoms with Crippen LogP contribution < -0.4 is 19.5 Å². The minimum Gasteiger partial charge on any atom is -0.491 e. The second kappa shape index (κ2) is 7.76. The third-order valence-corrected chi connectivity index (χ3v) is 6.06. The van der Waals surface area contributed by atoms with E-state index in [0.29, 0.717) is 24.3 Å². The third kappa shape index (κ3) is 3.78. The first kappa shape index (κ1) is 19.7. The highest BCUT2D eigenvalue weighted by Gasteiger charge is 2.38. The number of hydrogen-bond donors (Lipinski definition) is 1. The molecule has 3 aliphatic rings. The Morgan fingerprint density at radius 1 is 0.935 bits per heavy atom. The van der Waals surface area contributed by atoms with Crippen LogP contribution in [0.25, 0.3) is 0 Å². The van der Waals surface area contributed by atoms with Gasteiger partial charge in [0.15, 0.2) is 17.3 Å². The summed E-state index contributed by atoms with van der Waals surface area (Å²) in [5.41, 5.74) is 3.47. The molecule has 31 heavy (non-hydrogen) atoms. The van der Waals surface area contributed by atoms with Gasteiger partial charge in [-0.15, -0.1) is 0 Å². The van der Waals surface area contributed by atoms with Gasteiger partial charge in [0.2, 0.25) is 12.7 Å². The largest absolute Gasteiger partial charge is 0.491 e. The summed E-state index contributed by atoms with van der Waals surface area (Å²) in [5, 5.41) is 2.98. The van der Waals surface area contributed by atoms with Crippen LogP contribution in [0.3, 0.4) is 0 Å². The molecule has 2 heterocycles. The van der Waals surface area contributed by atoms with E-state index in [-0.39, 0.29) is 42.8 Å². The number of benzene rings is 2.